The Morgan fingerprint density at radius 2 is 1.54 bits per heavy atom. The molecule has 0 aromatic carbocycles. The van der Waals surface area contributed by atoms with E-state index in [2.05, 4.69) is 34.6 Å². The van der Waals surface area contributed by atoms with Gasteiger partial charge in [-0.1, -0.05) is 53.9 Å². The van der Waals surface area contributed by atoms with Crippen molar-refractivity contribution in [3.8, 4) is 0 Å². The third-order valence-corrected chi connectivity index (χ3v) is 3.41. The lowest BCUT2D eigenvalue weighted by Gasteiger charge is -2.36. The molecule has 0 aliphatic rings. The predicted octanol–water partition coefficient (Wildman–Crippen LogP) is 3.61. The van der Waals surface area contributed by atoms with Crippen LogP contribution in [-0.2, 0) is 0 Å². The van der Waals surface area contributed by atoms with Crippen molar-refractivity contribution in [3.05, 3.63) is 0 Å². The Morgan fingerprint density at radius 1 is 1.08 bits per heavy atom. The van der Waals surface area contributed by atoms with E-state index in [0.717, 1.165) is 12.8 Å². The average Bonchev–Trinajstić information content (AvgIpc) is 2.05. The van der Waals surface area contributed by atoms with Crippen LogP contribution < -0.4 is 0 Å². The molecule has 0 fully saturated rings. The fourth-order valence-corrected chi connectivity index (χ4v) is 1.78. The maximum absolute atomic E-state index is 9.97. The van der Waals surface area contributed by atoms with E-state index in [1.165, 1.54) is 12.8 Å². The Kier molecular flexibility index (Phi) is 5.62. The number of hydrogen-bond donors (Lipinski definition) is 1. The highest BCUT2D eigenvalue weighted by Gasteiger charge is 2.32. The summed E-state index contributed by atoms with van der Waals surface area (Å²) in [4.78, 5) is 0. The third-order valence-electron chi connectivity index (χ3n) is 3.41. The number of rotatable bonds is 6. The van der Waals surface area contributed by atoms with E-state index in [9.17, 15) is 5.11 Å². The zero-order valence-corrected chi connectivity index (χ0v) is 9.93. The van der Waals surface area contributed by atoms with E-state index in [-0.39, 0.29) is 11.5 Å². The fourth-order valence-electron chi connectivity index (χ4n) is 1.78. The normalized spacial score (nSPS) is 17.1. The second-order valence-corrected chi connectivity index (χ2v) is 4.82. The minimum absolute atomic E-state index is 0.0754. The molecule has 0 aromatic rings. The highest BCUT2D eigenvalue weighted by atomic mass is 16.3. The van der Waals surface area contributed by atoms with Gasteiger partial charge in [0, 0.05) is 0 Å². The highest BCUT2D eigenvalue weighted by Crippen LogP contribution is 2.35. The lowest BCUT2D eigenvalue weighted by molar-refractivity contribution is 0.00284. The van der Waals surface area contributed by atoms with Gasteiger partial charge in [0.15, 0.2) is 0 Å². The minimum atomic E-state index is -0.140. The first-order valence-corrected chi connectivity index (χ1v) is 5.64. The van der Waals surface area contributed by atoms with Crippen molar-refractivity contribution in [1.82, 2.24) is 0 Å². The summed E-state index contributed by atoms with van der Waals surface area (Å²) in [5.41, 5.74) is 0.0754. The van der Waals surface area contributed by atoms with E-state index in [4.69, 9.17) is 0 Å². The molecule has 0 aromatic heterocycles. The first-order valence-electron chi connectivity index (χ1n) is 5.64. The molecule has 0 bridgehead atoms. The highest BCUT2D eigenvalue weighted by molar-refractivity contribution is 4.82. The first-order chi connectivity index (χ1) is 5.96. The molecule has 2 unspecified atom stereocenters. The van der Waals surface area contributed by atoms with Crippen molar-refractivity contribution in [3.63, 3.8) is 0 Å². The van der Waals surface area contributed by atoms with E-state index < -0.39 is 0 Å². The van der Waals surface area contributed by atoms with E-state index >= 15 is 0 Å². The smallest absolute Gasteiger partial charge is 0.0593 e. The Labute approximate surface area is 83.5 Å². The summed E-state index contributed by atoms with van der Waals surface area (Å²) >= 11 is 0. The summed E-state index contributed by atoms with van der Waals surface area (Å²) in [5.74, 6) is 0.610. The summed E-state index contributed by atoms with van der Waals surface area (Å²) in [6.45, 7) is 11.0. The third kappa shape index (κ3) is 3.68. The average molecular weight is 186 g/mol. The molecule has 0 saturated carbocycles. The van der Waals surface area contributed by atoms with Gasteiger partial charge in [0.05, 0.1) is 6.10 Å². The van der Waals surface area contributed by atoms with Gasteiger partial charge in [-0.25, -0.2) is 0 Å². The van der Waals surface area contributed by atoms with E-state index in [0.29, 0.717) is 5.92 Å². The van der Waals surface area contributed by atoms with Crippen LogP contribution in [0.25, 0.3) is 0 Å². The predicted molar refractivity (Wildman–Crippen MR) is 58.8 cm³/mol. The second kappa shape index (κ2) is 5.64. The quantitative estimate of drug-likeness (QED) is 0.672. The van der Waals surface area contributed by atoms with Gasteiger partial charge in [0.25, 0.3) is 0 Å². The van der Waals surface area contributed by atoms with Crippen LogP contribution in [0.1, 0.15) is 60.3 Å². The molecule has 0 aliphatic carbocycles. The van der Waals surface area contributed by atoms with Crippen LogP contribution in [-0.4, -0.2) is 11.2 Å². The summed E-state index contributed by atoms with van der Waals surface area (Å²) in [5, 5.41) is 9.97. The summed E-state index contributed by atoms with van der Waals surface area (Å²) in [6.07, 6.45) is 4.29. The van der Waals surface area contributed by atoms with Gasteiger partial charge >= 0.3 is 0 Å². The maximum atomic E-state index is 9.97. The second-order valence-electron chi connectivity index (χ2n) is 4.82. The number of aliphatic hydroxyl groups excluding tert-OH is 1. The molecule has 1 heteroatoms. The molecule has 1 N–H and O–H groups in total. The van der Waals surface area contributed by atoms with Crippen molar-refractivity contribution in [2.24, 2.45) is 11.3 Å². The van der Waals surface area contributed by atoms with Crippen molar-refractivity contribution >= 4 is 0 Å². The largest absolute Gasteiger partial charge is 0.393 e. The molecule has 2 atom stereocenters. The molecule has 80 valence electrons. The summed E-state index contributed by atoms with van der Waals surface area (Å²) in [7, 11) is 0. The van der Waals surface area contributed by atoms with Crippen molar-refractivity contribution in [1.29, 1.82) is 0 Å². The zero-order valence-electron chi connectivity index (χ0n) is 9.93. The molecular weight excluding hydrogens is 160 g/mol. The van der Waals surface area contributed by atoms with Gasteiger partial charge in [0.1, 0.15) is 0 Å². The van der Waals surface area contributed by atoms with Crippen LogP contribution in [0.3, 0.4) is 0 Å². The van der Waals surface area contributed by atoms with Crippen molar-refractivity contribution < 1.29 is 5.11 Å². The topological polar surface area (TPSA) is 20.2 Å². The molecule has 0 aliphatic heterocycles. The van der Waals surface area contributed by atoms with Crippen LogP contribution in [0.4, 0.5) is 0 Å². The fraction of sp³-hybridized carbons (Fsp3) is 1.00. The zero-order chi connectivity index (χ0) is 10.5. The van der Waals surface area contributed by atoms with Crippen LogP contribution >= 0.6 is 0 Å². The lowest BCUT2D eigenvalue weighted by Crippen LogP contribution is -2.35. The van der Waals surface area contributed by atoms with E-state index in [1.54, 1.807) is 0 Å². The van der Waals surface area contributed by atoms with Gasteiger partial charge < -0.3 is 5.11 Å². The molecule has 0 spiro atoms. The standard InChI is InChI=1S/C12H26O/c1-6-8-10(3)12(4,5)11(13)9-7-2/h10-11,13H,6-9H2,1-5H3. The Balaban J connectivity index is 4.17. The van der Waals surface area contributed by atoms with Gasteiger partial charge in [-0.3, -0.25) is 0 Å². The molecule has 0 amide bonds. The SMILES string of the molecule is CCCC(C)C(C)(C)C(O)CCC. The van der Waals surface area contributed by atoms with Gasteiger partial charge in [-0.05, 0) is 17.8 Å². The molecule has 1 nitrogen and oxygen atoms in total. The van der Waals surface area contributed by atoms with Crippen molar-refractivity contribution in [2.45, 2.75) is 66.4 Å². The summed E-state index contributed by atoms with van der Waals surface area (Å²) in [6, 6.07) is 0. The van der Waals surface area contributed by atoms with E-state index in [1.807, 2.05) is 0 Å². The Morgan fingerprint density at radius 3 is 1.92 bits per heavy atom. The van der Waals surface area contributed by atoms with Crippen LogP contribution in [0, 0.1) is 11.3 Å². The number of hydrogen-bond acceptors (Lipinski definition) is 1. The Bertz CT molecular complexity index is 115. The number of aliphatic hydroxyl groups is 1. The lowest BCUT2D eigenvalue weighted by atomic mass is 9.72. The minimum Gasteiger partial charge on any atom is -0.393 e. The van der Waals surface area contributed by atoms with Gasteiger partial charge in [-0.2, -0.15) is 0 Å². The molecule has 0 radical (unpaired) electrons. The Hall–Kier alpha value is -0.0400. The summed E-state index contributed by atoms with van der Waals surface area (Å²) < 4.78 is 0. The first kappa shape index (κ1) is 13.0. The van der Waals surface area contributed by atoms with Crippen molar-refractivity contribution in [2.75, 3.05) is 0 Å². The van der Waals surface area contributed by atoms with Gasteiger partial charge in [0.2, 0.25) is 0 Å². The maximum Gasteiger partial charge on any atom is 0.0593 e. The van der Waals surface area contributed by atoms with Crippen LogP contribution in [0.15, 0.2) is 0 Å². The van der Waals surface area contributed by atoms with Crippen LogP contribution in [0.2, 0.25) is 0 Å². The molecular formula is C12H26O. The molecule has 0 rings (SSSR count). The molecule has 0 saturated heterocycles. The monoisotopic (exact) mass is 186 g/mol. The van der Waals surface area contributed by atoms with Crippen LogP contribution in [0.5, 0.6) is 0 Å². The molecule has 0 heterocycles. The van der Waals surface area contributed by atoms with Gasteiger partial charge in [-0.15, -0.1) is 0 Å². The molecule has 13 heavy (non-hydrogen) atoms.